The second kappa shape index (κ2) is 9.57. The minimum absolute atomic E-state index is 0.204. The number of ketones is 1. The van der Waals surface area contributed by atoms with Crippen LogP contribution in [-0.4, -0.2) is 52.9 Å². The summed E-state index contributed by atoms with van der Waals surface area (Å²) in [7, 11) is 0. The van der Waals surface area contributed by atoms with Crippen LogP contribution in [0, 0.1) is 5.92 Å². The lowest BCUT2D eigenvalue weighted by Gasteiger charge is -2.40. The number of piperazine rings is 1. The summed E-state index contributed by atoms with van der Waals surface area (Å²) in [5.74, 6) is 1.07. The lowest BCUT2D eigenvalue weighted by atomic mass is 9.89. The van der Waals surface area contributed by atoms with Crippen LogP contribution in [0.2, 0.25) is 0 Å². The molecule has 1 aliphatic heterocycles. The fourth-order valence-electron chi connectivity index (χ4n) is 5.79. The van der Waals surface area contributed by atoms with Gasteiger partial charge in [0.15, 0.2) is 5.78 Å². The van der Waals surface area contributed by atoms with Crippen molar-refractivity contribution >= 4 is 59.4 Å². The zero-order chi connectivity index (χ0) is 22.2. The Morgan fingerprint density at radius 3 is 2.00 bits per heavy atom. The zero-order valence-electron chi connectivity index (χ0n) is 18.7. The van der Waals surface area contributed by atoms with E-state index in [2.05, 4.69) is 82.6 Å². The molecule has 2 aliphatic rings. The number of nitrogens with zero attached hydrogens (tertiary/aromatic N) is 3. The van der Waals surface area contributed by atoms with Gasteiger partial charge in [-0.3, -0.25) is 9.69 Å². The number of hydrogen-bond acceptors (Lipinski definition) is 3. The zero-order valence-corrected chi connectivity index (χ0v) is 21.9. The summed E-state index contributed by atoms with van der Waals surface area (Å²) in [6.07, 6.45) is 6.73. The van der Waals surface area contributed by atoms with Crippen molar-refractivity contribution in [1.29, 1.82) is 0 Å². The van der Waals surface area contributed by atoms with Crippen molar-refractivity contribution in [2.75, 3.05) is 32.7 Å². The van der Waals surface area contributed by atoms with Gasteiger partial charge in [-0.2, -0.15) is 0 Å². The first-order valence-corrected chi connectivity index (χ1v) is 13.5. The molecule has 2 aromatic carbocycles. The van der Waals surface area contributed by atoms with Crippen LogP contribution < -0.4 is 0 Å². The van der Waals surface area contributed by atoms with Crippen LogP contribution >= 0.6 is 31.9 Å². The fraction of sp³-hybridized carbons (Fsp3) is 0.500. The van der Waals surface area contributed by atoms with Crippen LogP contribution in [0.1, 0.15) is 45.2 Å². The van der Waals surface area contributed by atoms with E-state index >= 15 is 0 Å². The maximum absolute atomic E-state index is 13.1. The highest BCUT2D eigenvalue weighted by Crippen LogP contribution is 2.36. The number of aromatic nitrogens is 1. The van der Waals surface area contributed by atoms with Crippen molar-refractivity contribution in [2.45, 2.75) is 45.2 Å². The Kier molecular flexibility index (Phi) is 6.75. The van der Waals surface area contributed by atoms with Crippen LogP contribution in [0.15, 0.2) is 45.3 Å². The van der Waals surface area contributed by atoms with Gasteiger partial charge >= 0.3 is 0 Å². The van der Waals surface area contributed by atoms with Crippen LogP contribution in [0.4, 0.5) is 0 Å². The molecule has 1 unspecified atom stereocenters. The molecule has 2 fully saturated rings. The molecule has 32 heavy (non-hydrogen) atoms. The van der Waals surface area contributed by atoms with Crippen molar-refractivity contribution < 1.29 is 4.79 Å². The van der Waals surface area contributed by atoms with Crippen LogP contribution in [0.5, 0.6) is 0 Å². The molecule has 1 saturated carbocycles. The number of fused-ring (bicyclic) bond motifs is 3. The van der Waals surface area contributed by atoms with Crippen molar-refractivity contribution in [1.82, 2.24) is 14.4 Å². The highest BCUT2D eigenvalue weighted by molar-refractivity contribution is 9.10. The molecule has 6 heteroatoms. The quantitative estimate of drug-likeness (QED) is 0.352. The van der Waals surface area contributed by atoms with Gasteiger partial charge in [-0.05, 0) is 62.1 Å². The molecule has 1 aliphatic carbocycles. The maximum Gasteiger partial charge on any atom is 0.167 e. The predicted molar refractivity (Wildman–Crippen MR) is 139 cm³/mol. The second-order valence-electron chi connectivity index (χ2n) is 9.52. The first kappa shape index (κ1) is 22.6. The van der Waals surface area contributed by atoms with E-state index in [0.717, 1.165) is 52.1 Å². The number of Topliss-reactive ketones (excluding diaryl/α,β-unsaturated/α-hetero) is 1. The lowest BCUT2D eigenvalue weighted by molar-refractivity contribution is -0.126. The molecular weight excluding hydrogens is 530 g/mol. The van der Waals surface area contributed by atoms with Crippen molar-refractivity contribution in [3.8, 4) is 0 Å². The lowest BCUT2D eigenvalue weighted by Crippen LogP contribution is -2.51. The first-order valence-electron chi connectivity index (χ1n) is 11.9. The van der Waals surface area contributed by atoms with E-state index in [-0.39, 0.29) is 11.9 Å². The number of carbonyl (C=O) groups is 1. The summed E-state index contributed by atoms with van der Waals surface area (Å²) in [5, 5.41) is 2.36. The van der Waals surface area contributed by atoms with Gasteiger partial charge in [-0.15, -0.1) is 0 Å². The molecule has 1 saturated heterocycles. The van der Waals surface area contributed by atoms with Gasteiger partial charge in [0.05, 0.1) is 11.0 Å². The normalized spacial score (nSPS) is 20.2. The minimum atomic E-state index is -0.269. The molecule has 1 aromatic heterocycles. The molecule has 2 heterocycles. The Bertz CT molecular complexity index is 1070. The summed E-state index contributed by atoms with van der Waals surface area (Å²) in [4.78, 5) is 18.1. The van der Waals surface area contributed by atoms with E-state index < -0.39 is 0 Å². The van der Waals surface area contributed by atoms with Crippen molar-refractivity contribution in [2.24, 2.45) is 5.92 Å². The number of hydrogen-bond donors (Lipinski definition) is 0. The van der Waals surface area contributed by atoms with Crippen LogP contribution in [0.3, 0.4) is 0 Å². The largest absolute Gasteiger partial charge is 0.317 e. The van der Waals surface area contributed by atoms with Gasteiger partial charge in [0.25, 0.3) is 0 Å². The molecule has 0 radical (unpaired) electrons. The predicted octanol–water partition coefficient (Wildman–Crippen LogP) is 6.61. The van der Waals surface area contributed by atoms with Gasteiger partial charge in [0.1, 0.15) is 6.17 Å². The SMILES string of the molecule is CC(=O)C(N1CCN(CC2CCCCC2)CC1)n1c2ccc(Br)cc2c2cc(Br)ccc21. The van der Waals surface area contributed by atoms with Gasteiger partial charge in [-0.25, -0.2) is 0 Å². The van der Waals surface area contributed by atoms with E-state index in [1.807, 2.05) is 0 Å². The molecular formula is C26H31Br2N3O. The average Bonchev–Trinajstić information content (AvgIpc) is 3.08. The fourth-order valence-corrected chi connectivity index (χ4v) is 6.51. The molecule has 4 nitrogen and oxygen atoms in total. The Balaban J connectivity index is 1.45. The van der Waals surface area contributed by atoms with Crippen molar-refractivity contribution in [3.05, 3.63) is 45.3 Å². The standard InChI is InChI=1S/C26H31Br2N3O/c1-18(32)26(30-13-11-29(12-14-30)17-19-5-3-2-4-6-19)31-24-9-7-20(27)15-22(24)23-16-21(28)8-10-25(23)31/h7-10,15-16,19,26H,2-6,11-14,17H2,1H3. The van der Waals surface area contributed by atoms with Crippen LogP contribution in [-0.2, 0) is 4.79 Å². The topological polar surface area (TPSA) is 28.5 Å². The first-order chi connectivity index (χ1) is 15.5. The van der Waals surface area contributed by atoms with E-state index in [9.17, 15) is 4.79 Å². The summed E-state index contributed by atoms with van der Waals surface area (Å²) in [5.41, 5.74) is 2.23. The number of carbonyl (C=O) groups excluding carboxylic acids is 1. The summed E-state index contributed by atoms with van der Waals surface area (Å²) in [6.45, 7) is 6.95. The Morgan fingerprint density at radius 2 is 1.47 bits per heavy atom. The van der Waals surface area contributed by atoms with E-state index in [4.69, 9.17) is 0 Å². The van der Waals surface area contributed by atoms with E-state index in [1.165, 1.54) is 49.4 Å². The smallest absolute Gasteiger partial charge is 0.167 e. The molecule has 0 amide bonds. The number of rotatable bonds is 5. The average molecular weight is 561 g/mol. The van der Waals surface area contributed by atoms with Crippen LogP contribution in [0.25, 0.3) is 21.8 Å². The highest BCUT2D eigenvalue weighted by atomic mass is 79.9. The van der Waals surface area contributed by atoms with Crippen molar-refractivity contribution in [3.63, 3.8) is 0 Å². The summed E-state index contributed by atoms with van der Waals surface area (Å²) < 4.78 is 4.38. The third-order valence-electron chi connectivity index (χ3n) is 7.33. The van der Waals surface area contributed by atoms with E-state index in [0.29, 0.717) is 0 Å². The monoisotopic (exact) mass is 559 g/mol. The van der Waals surface area contributed by atoms with Gasteiger partial charge < -0.3 is 9.47 Å². The number of benzene rings is 2. The third-order valence-corrected chi connectivity index (χ3v) is 8.32. The number of halogens is 2. The molecule has 0 bridgehead atoms. The molecule has 0 spiro atoms. The van der Waals surface area contributed by atoms with Gasteiger partial charge in [0, 0.05) is 52.4 Å². The molecule has 1 atom stereocenters. The molecule has 170 valence electrons. The summed E-state index contributed by atoms with van der Waals surface area (Å²) in [6, 6.07) is 12.8. The van der Waals surface area contributed by atoms with Gasteiger partial charge in [0.2, 0.25) is 0 Å². The Morgan fingerprint density at radius 1 is 0.906 bits per heavy atom. The summed E-state index contributed by atoms with van der Waals surface area (Å²) >= 11 is 7.26. The second-order valence-corrected chi connectivity index (χ2v) is 11.3. The Labute approximate surface area is 207 Å². The van der Waals surface area contributed by atoms with E-state index in [1.54, 1.807) is 6.92 Å². The Hall–Kier alpha value is -1.21. The maximum atomic E-state index is 13.1. The third kappa shape index (κ3) is 4.44. The highest BCUT2D eigenvalue weighted by Gasteiger charge is 2.31. The van der Waals surface area contributed by atoms with Gasteiger partial charge in [-0.1, -0.05) is 51.1 Å². The minimum Gasteiger partial charge on any atom is -0.317 e. The molecule has 5 rings (SSSR count). The molecule has 0 N–H and O–H groups in total. The molecule has 3 aromatic rings.